The quantitative estimate of drug-likeness (QED) is 0.739. The molecule has 4 nitrogen and oxygen atoms in total. The summed E-state index contributed by atoms with van der Waals surface area (Å²) in [6, 6.07) is 14.4. The maximum absolute atomic E-state index is 13.2. The van der Waals surface area contributed by atoms with Crippen LogP contribution in [-0.4, -0.2) is 37.0 Å². The summed E-state index contributed by atoms with van der Waals surface area (Å²) in [4.78, 5) is 14.0. The third kappa shape index (κ3) is 5.30. The number of halogens is 1. The molecule has 1 saturated heterocycles. The second-order valence-electron chi connectivity index (χ2n) is 6.54. The van der Waals surface area contributed by atoms with Crippen LogP contribution < -0.4 is 10.1 Å². The van der Waals surface area contributed by atoms with Crippen molar-refractivity contribution >= 4 is 5.91 Å². The Morgan fingerprint density at radius 3 is 2.73 bits per heavy atom. The Morgan fingerprint density at radius 1 is 1.12 bits per heavy atom. The standard InChI is InChI=1S/C21H25FN2O2/c22-19-8-5-6-17(14-19)10-11-23-15-18-7-1-2-9-20(18)26-16-21(25)24-12-3-4-13-24/h1-2,5-9,14,23H,3-4,10-13,15-16H2. The molecule has 1 N–H and O–H groups in total. The maximum Gasteiger partial charge on any atom is 0.260 e. The van der Waals surface area contributed by atoms with E-state index in [9.17, 15) is 9.18 Å². The lowest BCUT2D eigenvalue weighted by Gasteiger charge is -2.17. The minimum atomic E-state index is -0.205. The van der Waals surface area contributed by atoms with E-state index in [1.54, 1.807) is 12.1 Å². The molecule has 0 aromatic heterocycles. The molecule has 1 amide bonds. The minimum Gasteiger partial charge on any atom is -0.483 e. The molecule has 1 heterocycles. The van der Waals surface area contributed by atoms with Crippen molar-refractivity contribution in [3.63, 3.8) is 0 Å². The summed E-state index contributed by atoms with van der Waals surface area (Å²) in [5.74, 6) is 0.582. The van der Waals surface area contributed by atoms with Crippen molar-refractivity contribution < 1.29 is 13.9 Å². The molecule has 138 valence electrons. The fourth-order valence-electron chi connectivity index (χ4n) is 3.14. The number of benzene rings is 2. The fraction of sp³-hybridized carbons (Fsp3) is 0.381. The van der Waals surface area contributed by atoms with Gasteiger partial charge < -0.3 is 15.0 Å². The van der Waals surface area contributed by atoms with Gasteiger partial charge in [-0.2, -0.15) is 0 Å². The number of rotatable bonds is 8. The highest BCUT2D eigenvalue weighted by Gasteiger charge is 2.18. The Bertz CT molecular complexity index is 729. The molecule has 0 unspecified atom stereocenters. The summed E-state index contributed by atoms with van der Waals surface area (Å²) in [6.45, 7) is 3.14. The van der Waals surface area contributed by atoms with Gasteiger partial charge in [-0.15, -0.1) is 0 Å². The van der Waals surface area contributed by atoms with Gasteiger partial charge in [0.1, 0.15) is 11.6 Å². The van der Waals surface area contributed by atoms with Gasteiger partial charge in [-0.25, -0.2) is 4.39 Å². The zero-order valence-electron chi connectivity index (χ0n) is 14.9. The van der Waals surface area contributed by atoms with Gasteiger partial charge in [0.2, 0.25) is 0 Å². The molecular weight excluding hydrogens is 331 g/mol. The van der Waals surface area contributed by atoms with E-state index in [1.165, 1.54) is 6.07 Å². The first-order valence-electron chi connectivity index (χ1n) is 9.16. The predicted octanol–water partition coefficient (Wildman–Crippen LogP) is 3.16. The van der Waals surface area contributed by atoms with Gasteiger partial charge in [0, 0.05) is 25.2 Å². The molecule has 26 heavy (non-hydrogen) atoms. The summed E-state index contributed by atoms with van der Waals surface area (Å²) in [7, 11) is 0. The molecule has 0 aliphatic carbocycles. The number of likely N-dealkylation sites (tertiary alicyclic amines) is 1. The molecule has 2 aromatic rings. The molecule has 3 rings (SSSR count). The Balaban J connectivity index is 1.46. The van der Waals surface area contributed by atoms with Crippen LogP contribution >= 0.6 is 0 Å². The van der Waals surface area contributed by atoms with Crippen molar-refractivity contribution in [3.8, 4) is 5.75 Å². The number of nitrogens with zero attached hydrogens (tertiary/aromatic N) is 1. The molecule has 0 bridgehead atoms. The van der Waals surface area contributed by atoms with Crippen molar-refractivity contribution in [2.24, 2.45) is 0 Å². The molecule has 0 atom stereocenters. The van der Waals surface area contributed by atoms with E-state index < -0.39 is 0 Å². The normalized spacial score (nSPS) is 13.8. The van der Waals surface area contributed by atoms with Crippen molar-refractivity contribution in [2.45, 2.75) is 25.8 Å². The molecule has 5 heteroatoms. The third-order valence-corrected chi connectivity index (χ3v) is 4.58. The molecule has 0 radical (unpaired) electrons. The van der Waals surface area contributed by atoms with Crippen molar-refractivity contribution in [1.82, 2.24) is 10.2 Å². The zero-order chi connectivity index (χ0) is 18.2. The largest absolute Gasteiger partial charge is 0.483 e. The molecule has 0 spiro atoms. The summed E-state index contributed by atoms with van der Waals surface area (Å²) < 4.78 is 18.9. The van der Waals surface area contributed by atoms with E-state index in [1.807, 2.05) is 35.2 Å². The molecule has 1 aliphatic heterocycles. The lowest BCUT2D eigenvalue weighted by molar-refractivity contribution is -0.132. The van der Waals surface area contributed by atoms with Crippen molar-refractivity contribution in [3.05, 3.63) is 65.5 Å². The maximum atomic E-state index is 13.2. The van der Waals surface area contributed by atoms with Crippen molar-refractivity contribution in [2.75, 3.05) is 26.2 Å². The SMILES string of the molecule is O=C(COc1ccccc1CNCCc1cccc(F)c1)N1CCCC1. The van der Waals surface area contributed by atoms with E-state index in [2.05, 4.69) is 5.32 Å². The number of carbonyl (C=O) groups excluding carboxylic acids is 1. The number of amides is 1. The van der Waals surface area contributed by atoms with Crippen LogP contribution in [0.3, 0.4) is 0 Å². The molecule has 2 aromatic carbocycles. The fourth-order valence-corrected chi connectivity index (χ4v) is 3.14. The predicted molar refractivity (Wildman–Crippen MR) is 99.6 cm³/mol. The first-order valence-corrected chi connectivity index (χ1v) is 9.16. The number of hydrogen-bond acceptors (Lipinski definition) is 3. The van der Waals surface area contributed by atoms with E-state index in [0.29, 0.717) is 6.54 Å². The topological polar surface area (TPSA) is 41.6 Å². The van der Waals surface area contributed by atoms with Gasteiger partial charge in [-0.05, 0) is 49.6 Å². The van der Waals surface area contributed by atoms with Gasteiger partial charge in [-0.1, -0.05) is 30.3 Å². The summed E-state index contributed by atoms with van der Waals surface area (Å²) in [6.07, 6.45) is 2.92. The van der Waals surface area contributed by atoms with Gasteiger partial charge in [0.15, 0.2) is 6.61 Å². The van der Waals surface area contributed by atoms with Crippen molar-refractivity contribution in [1.29, 1.82) is 0 Å². The summed E-state index contributed by atoms with van der Waals surface area (Å²) in [5.41, 5.74) is 1.99. The number of carbonyl (C=O) groups is 1. The van der Waals surface area contributed by atoms with Gasteiger partial charge in [-0.3, -0.25) is 4.79 Å². The van der Waals surface area contributed by atoms with Gasteiger partial charge in [0.05, 0.1) is 0 Å². The van der Waals surface area contributed by atoms with Crippen LogP contribution in [-0.2, 0) is 17.8 Å². The van der Waals surface area contributed by atoms with Crippen LogP contribution in [0.15, 0.2) is 48.5 Å². The van der Waals surface area contributed by atoms with Gasteiger partial charge in [0.25, 0.3) is 5.91 Å². The van der Waals surface area contributed by atoms with Crippen LogP contribution in [0.1, 0.15) is 24.0 Å². The lowest BCUT2D eigenvalue weighted by Crippen LogP contribution is -2.32. The third-order valence-electron chi connectivity index (χ3n) is 4.58. The average molecular weight is 356 g/mol. The summed E-state index contributed by atoms with van der Waals surface area (Å²) >= 11 is 0. The number of nitrogens with one attached hydrogen (secondary N) is 1. The Kier molecular flexibility index (Phi) is 6.61. The highest BCUT2D eigenvalue weighted by atomic mass is 19.1. The minimum absolute atomic E-state index is 0.0522. The van der Waals surface area contributed by atoms with E-state index in [-0.39, 0.29) is 18.3 Å². The van der Waals surface area contributed by atoms with Gasteiger partial charge >= 0.3 is 0 Å². The Labute approximate surface area is 154 Å². The Morgan fingerprint density at radius 2 is 1.92 bits per heavy atom. The average Bonchev–Trinajstić information content (AvgIpc) is 3.19. The molecular formula is C21H25FN2O2. The smallest absolute Gasteiger partial charge is 0.260 e. The number of hydrogen-bond donors (Lipinski definition) is 1. The molecule has 0 saturated carbocycles. The van der Waals surface area contributed by atoms with Crippen LogP contribution in [0.4, 0.5) is 4.39 Å². The first-order chi connectivity index (χ1) is 12.7. The van der Waals surface area contributed by atoms with E-state index >= 15 is 0 Å². The van der Waals surface area contributed by atoms with Crippen LogP contribution in [0.5, 0.6) is 5.75 Å². The first kappa shape index (κ1) is 18.4. The Hall–Kier alpha value is -2.40. The highest BCUT2D eigenvalue weighted by Crippen LogP contribution is 2.18. The van der Waals surface area contributed by atoms with E-state index in [0.717, 1.165) is 55.8 Å². The zero-order valence-corrected chi connectivity index (χ0v) is 14.9. The molecule has 1 fully saturated rings. The number of para-hydroxylation sites is 1. The molecule has 1 aliphatic rings. The highest BCUT2D eigenvalue weighted by molar-refractivity contribution is 5.78. The summed E-state index contributed by atoms with van der Waals surface area (Å²) in [5, 5.41) is 3.35. The second kappa shape index (κ2) is 9.34. The number of ether oxygens (including phenoxy) is 1. The monoisotopic (exact) mass is 356 g/mol. The van der Waals surface area contributed by atoms with Crippen LogP contribution in [0, 0.1) is 5.82 Å². The lowest BCUT2D eigenvalue weighted by atomic mass is 10.1. The van der Waals surface area contributed by atoms with Crippen LogP contribution in [0.25, 0.3) is 0 Å². The second-order valence-corrected chi connectivity index (χ2v) is 6.54. The van der Waals surface area contributed by atoms with Crippen LogP contribution in [0.2, 0.25) is 0 Å². The van der Waals surface area contributed by atoms with E-state index in [4.69, 9.17) is 4.74 Å².